The zero-order valence-electron chi connectivity index (χ0n) is 9.31. The maximum absolute atomic E-state index is 11.5. The van der Waals surface area contributed by atoms with E-state index in [4.69, 9.17) is 0 Å². The Bertz CT molecular complexity index is 174. The second-order valence-corrected chi connectivity index (χ2v) is 4.17. The Morgan fingerprint density at radius 1 is 1.29 bits per heavy atom. The smallest absolute Gasteiger partial charge is 0.223 e. The molecular formula is C11H22N2O. The Balaban J connectivity index is 2.24. The normalized spacial score (nSPS) is 27.3. The maximum atomic E-state index is 11.5. The predicted molar refractivity (Wildman–Crippen MR) is 58.1 cm³/mol. The van der Waals surface area contributed by atoms with Gasteiger partial charge in [-0.05, 0) is 52.1 Å². The highest BCUT2D eigenvalue weighted by Gasteiger charge is 2.25. The molecule has 0 aromatic carbocycles. The van der Waals surface area contributed by atoms with Crippen molar-refractivity contribution < 1.29 is 4.79 Å². The summed E-state index contributed by atoms with van der Waals surface area (Å²) in [4.78, 5) is 11.5. The van der Waals surface area contributed by atoms with E-state index in [9.17, 15) is 4.79 Å². The lowest BCUT2D eigenvalue weighted by atomic mass is 9.81. The van der Waals surface area contributed by atoms with Crippen LogP contribution in [0.2, 0.25) is 0 Å². The molecule has 0 spiro atoms. The molecule has 0 aromatic rings. The summed E-state index contributed by atoms with van der Waals surface area (Å²) < 4.78 is 0. The van der Waals surface area contributed by atoms with E-state index in [1.807, 2.05) is 14.0 Å². The molecule has 0 aliphatic heterocycles. The average molecular weight is 198 g/mol. The number of hydrogen-bond acceptors (Lipinski definition) is 2. The summed E-state index contributed by atoms with van der Waals surface area (Å²) in [5.41, 5.74) is 0. The minimum Gasteiger partial charge on any atom is -0.356 e. The van der Waals surface area contributed by atoms with Crippen LogP contribution in [0.25, 0.3) is 0 Å². The van der Waals surface area contributed by atoms with Crippen molar-refractivity contribution in [1.82, 2.24) is 10.6 Å². The minimum atomic E-state index is 0.260. The Labute approximate surface area is 86.6 Å². The molecule has 1 fully saturated rings. The lowest BCUT2D eigenvalue weighted by molar-refractivity contribution is -0.126. The summed E-state index contributed by atoms with van der Waals surface area (Å²) in [5.74, 6) is 1.32. The molecule has 1 aliphatic carbocycles. The number of rotatable bonds is 4. The third-order valence-electron chi connectivity index (χ3n) is 3.06. The van der Waals surface area contributed by atoms with Crippen LogP contribution in [-0.2, 0) is 4.79 Å². The van der Waals surface area contributed by atoms with Gasteiger partial charge in [-0.2, -0.15) is 0 Å². The lowest BCUT2D eigenvalue weighted by Crippen LogP contribution is -2.34. The summed E-state index contributed by atoms with van der Waals surface area (Å²) in [6, 6.07) is 0. The number of nitrogens with one attached hydrogen (secondary N) is 2. The van der Waals surface area contributed by atoms with Gasteiger partial charge in [-0.15, -0.1) is 0 Å². The predicted octanol–water partition coefficient (Wildman–Crippen LogP) is 1.15. The van der Waals surface area contributed by atoms with Crippen molar-refractivity contribution in [2.24, 2.45) is 11.8 Å². The second-order valence-electron chi connectivity index (χ2n) is 4.17. The molecule has 0 aromatic heterocycles. The van der Waals surface area contributed by atoms with Crippen LogP contribution in [0.4, 0.5) is 0 Å². The number of carbonyl (C=O) groups is 1. The highest BCUT2D eigenvalue weighted by molar-refractivity contribution is 5.78. The van der Waals surface area contributed by atoms with Crippen molar-refractivity contribution in [3.8, 4) is 0 Å². The van der Waals surface area contributed by atoms with E-state index in [-0.39, 0.29) is 11.8 Å². The van der Waals surface area contributed by atoms with Crippen LogP contribution in [0.5, 0.6) is 0 Å². The third kappa shape index (κ3) is 3.29. The first-order chi connectivity index (χ1) is 6.77. The van der Waals surface area contributed by atoms with Gasteiger partial charge in [-0.25, -0.2) is 0 Å². The fraction of sp³-hybridized carbons (Fsp3) is 0.909. The first kappa shape index (κ1) is 11.5. The van der Waals surface area contributed by atoms with Crippen molar-refractivity contribution >= 4 is 5.91 Å². The molecule has 82 valence electrons. The Kier molecular flexibility index (Phi) is 4.94. The molecular weight excluding hydrogens is 176 g/mol. The van der Waals surface area contributed by atoms with Gasteiger partial charge >= 0.3 is 0 Å². The fourth-order valence-corrected chi connectivity index (χ4v) is 2.24. The van der Waals surface area contributed by atoms with E-state index in [0.717, 1.165) is 31.8 Å². The van der Waals surface area contributed by atoms with Crippen molar-refractivity contribution in [3.63, 3.8) is 0 Å². The number of amides is 1. The number of hydrogen-bond donors (Lipinski definition) is 2. The second kappa shape index (κ2) is 6.02. The van der Waals surface area contributed by atoms with Gasteiger partial charge in [0.05, 0.1) is 0 Å². The quantitative estimate of drug-likeness (QED) is 0.711. The monoisotopic (exact) mass is 198 g/mol. The summed E-state index contributed by atoms with van der Waals surface area (Å²) in [5, 5.41) is 6.11. The zero-order valence-corrected chi connectivity index (χ0v) is 9.31. The SMILES string of the molecule is CCNC(=O)C1CCC(CNC)CC1. The van der Waals surface area contributed by atoms with E-state index >= 15 is 0 Å². The van der Waals surface area contributed by atoms with Crippen LogP contribution in [-0.4, -0.2) is 26.0 Å². The van der Waals surface area contributed by atoms with Gasteiger partial charge in [0.2, 0.25) is 5.91 Å². The standard InChI is InChI=1S/C11H22N2O/c1-3-13-11(14)10-6-4-9(5-7-10)8-12-2/h9-10,12H,3-8H2,1-2H3,(H,13,14). The van der Waals surface area contributed by atoms with E-state index in [1.165, 1.54) is 12.8 Å². The Hall–Kier alpha value is -0.570. The topological polar surface area (TPSA) is 41.1 Å². The minimum absolute atomic E-state index is 0.260. The molecule has 0 unspecified atom stereocenters. The molecule has 14 heavy (non-hydrogen) atoms. The van der Waals surface area contributed by atoms with Crippen LogP contribution in [0.3, 0.4) is 0 Å². The summed E-state index contributed by atoms with van der Waals surface area (Å²) >= 11 is 0. The van der Waals surface area contributed by atoms with Gasteiger partial charge in [0.1, 0.15) is 0 Å². The van der Waals surface area contributed by atoms with E-state index in [1.54, 1.807) is 0 Å². The first-order valence-electron chi connectivity index (χ1n) is 5.70. The molecule has 1 saturated carbocycles. The molecule has 1 aliphatic rings. The largest absolute Gasteiger partial charge is 0.356 e. The molecule has 3 nitrogen and oxygen atoms in total. The molecule has 0 heterocycles. The molecule has 0 saturated heterocycles. The van der Waals surface area contributed by atoms with Crippen LogP contribution in [0, 0.1) is 11.8 Å². The third-order valence-corrected chi connectivity index (χ3v) is 3.06. The first-order valence-corrected chi connectivity index (χ1v) is 5.70. The Morgan fingerprint density at radius 2 is 1.93 bits per heavy atom. The highest BCUT2D eigenvalue weighted by Crippen LogP contribution is 2.28. The maximum Gasteiger partial charge on any atom is 0.223 e. The lowest BCUT2D eigenvalue weighted by Gasteiger charge is -2.27. The fourth-order valence-electron chi connectivity index (χ4n) is 2.24. The van der Waals surface area contributed by atoms with Gasteiger partial charge in [0, 0.05) is 12.5 Å². The van der Waals surface area contributed by atoms with Gasteiger partial charge in [0.25, 0.3) is 0 Å². The van der Waals surface area contributed by atoms with Gasteiger partial charge in [-0.3, -0.25) is 4.79 Å². The molecule has 0 atom stereocenters. The van der Waals surface area contributed by atoms with Gasteiger partial charge in [0.15, 0.2) is 0 Å². The molecule has 1 amide bonds. The van der Waals surface area contributed by atoms with Crippen LogP contribution >= 0.6 is 0 Å². The highest BCUT2D eigenvalue weighted by atomic mass is 16.1. The average Bonchev–Trinajstić information content (AvgIpc) is 2.20. The van der Waals surface area contributed by atoms with Gasteiger partial charge < -0.3 is 10.6 Å². The molecule has 3 heteroatoms. The van der Waals surface area contributed by atoms with E-state index < -0.39 is 0 Å². The Morgan fingerprint density at radius 3 is 2.43 bits per heavy atom. The van der Waals surface area contributed by atoms with Crippen LogP contribution in [0.15, 0.2) is 0 Å². The zero-order chi connectivity index (χ0) is 10.4. The van der Waals surface area contributed by atoms with Crippen molar-refractivity contribution in [3.05, 3.63) is 0 Å². The molecule has 0 radical (unpaired) electrons. The van der Waals surface area contributed by atoms with Crippen molar-refractivity contribution in [1.29, 1.82) is 0 Å². The molecule has 1 rings (SSSR count). The van der Waals surface area contributed by atoms with E-state index in [0.29, 0.717) is 0 Å². The molecule has 0 bridgehead atoms. The van der Waals surface area contributed by atoms with Gasteiger partial charge in [-0.1, -0.05) is 0 Å². The molecule has 2 N–H and O–H groups in total. The van der Waals surface area contributed by atoms with Crippen LogP contribution in [0.1, 0.15) is 32.6 Å². The summed E-state index contributed by atoms with van der Waals surface area (Å²) in [6.45, 7) is 3.84. The van der Waals surface area contributed by atoms with Crippen LogP contribution < -0.4 is 10.6 Å². The van der Waals surface area contributed by atoms with Crippen molar-refractivity contribution in [2.75, 3.05) is 20.1 Å². The summed E-state index contributed by atoms with van der Waals surface area (Å²) in [7, 11) is 2.00. The summed E-state index contributed by atoms with van der Waals surface area (Å²) in [6.07, 6.45) is 4.53. The van der Waals surface area contributed by atoms with Crippen molar-refractivity contribution in [2.45, 2.75) is 32.6 Å². The van der Waals surface area contributed by atoms with E-state index in [2.05, 4.69) is 10.6 Å². The number of carbonyl (C=O) groups excluding carboxylic acids is 1.